The van der Waals surface area contributed by atoms with Crippen molar-refractivity contribution < 1.29 is 22.7 Å². The van der Waals surface area contributed by atoms with Gasteiger partial charge < -0.3 is 9.64 Å². The van der Waals surface area contributed by atoms with Crippen molar-refractivity contribution in [2.75, 3.05) is 23.9 Å². The minimum absolute atomic E-state index is 0.0339. The second-order valence-corrected chi connectivity index (χ2v) is 10.4. The molecule has 0 aliphatic carbocycles. The highest BCUT2D eigenvalue weighted by atomic mass is 32.2. The van der Waals surface area contributed by atoms with Crippen molar-refractivity contribution in [3.05, 3.63) is 59.7 Å². The molecule has 1 aliphatic rings. The third kappa shape index (κ3) is 5.55. The smallest absolute Gasteiger partial charge is 0.338 e. The Balaban J connectivity index is 1.80. The summed E-state index contributed by atoms with van der Waals surface area (Å²) in [6, 6.07) is 13.3. The molecule has 8 heteroatoms. The first-order chi connectivity index (χ1) is 15.6. The number of piperidine rings is 1. The van der Waals surface area contributed by atoms with Crippen molar-refractivity contribution in [1.82, 2.24) is 4.90 Å². The summed E-state index contributed by atoms with van der Waals surface area (Å²) in [5, 5.41) is 0. The number of sulfonamides is 1. The van der Waals surface area contributed by atoms with Crippen LogP contribution in [0.2, 0.25) is 0 Å². The van der Waals surface area contributed by atoms with Crippen molar-refractivity contribution in [1.29, 1.82) is 0 Å². The molecule has 0 unspecified atom stereocenters. The van der Waals surface area contributed by atoms with Crippen LogP contribution < -0.4 is 4.31 Å². The normalized spacial score (nSPS) is 15.7. The Morgan fingerprint density at radius 1 is 1.12 bits per heavy atom. The van der Waals surface area contributed by atoms with E-state index in [1.165, 1.54) is 16.4 Å². The highest BCUT2D eigenvalue weighted by Crippen LogP contribution is 2.27. The van der Waals surface area contributed by atoms with E-state index < -0.39 is 22.1 Å². The summed E-state index contributed by atoms with van der Waals surface area (Å²) in [7, 11) is -3.91. The molecular formula is C25H32N2O5S. The lowest BCUT2D eigenvalue weighted by atomic mass is 9.99. The third-order valence-corrected chi connectivity index (χ3v) is 8.10. The summed E-state index contributed by atoms with van der Waals surface area (Å²) < 4.78 is 33.6. The van der Waals surface area contributed by atoms with Gasteiger partial charge in [-0.2, -0.15) is 0 Å². The van der Waals surface area contributed by atoms with E-state index in [4.69, 9.17) is 4.74 Å². The summed E-state index contributed by atoms with van der Waals surface area (Å²) in [5.41, 5.74) is 1.16. The number of carbonyl (C=O) groups is 2. The molecule has 0 bridgehead atoms. The molecule has 1 atom stereocenters. The second-order valence-electron chi connectivity index (χ2n) is 8.54. The first kappa shape index (κ1) is 24.8. The van der Waals surface area contributed by atoms with Crippen molar-refractivity contribution in [3.8, 4) is 0 Å². The van der Waals surface area contributed by atoms with E-state index >= 15 is 0 Å². The second kappa shape index (κ2) is 10.4. The maximum atomic E-state index is 13.4. The van der Waals surface area contributed by atoms with Crippen LogP contribution in [0.4, 0.5) is 5.69 Å². The topological polar surface area (TPSA) is 84.0 Å². The maximum Gasteiger partial charge on any atom is 0.338 e. The van der Waals surface area contributed by atoms with Gasteiger partial charge >= 0.3 is 5.97 Å². The van der Waals surface area contributed by atoms with Crippen LogP contribution in [-0.4, -0.2) is 50.9 Å². The molecule has 1 saturated heterocycles. The average Bonchev–Trinajstić information content (AvgIpc) is 2.80. The molecule has 0 radical (unpaired) electrons. The Morgan fingerprint density at radius 2 is 1.76 bits per heavy atom. The van der Waals surface area contributed by atoms with Gasteiger partial charge in [-0.25, -0.2) is 13.2 Å². The van der Waals surface area contributed by atoms with Crippen molar-refractivity contribution in [3.63, 3.8) is 0 Å². The Kier molecular flexibility index (Phi) is 7.79. The number of benzene rings is 2. The van der Waals surface area contributed by atoms with Gasteiger partial charge in [-0.1, -0.05) is 31.2 Å². The van der Waals surface area contributed by atoms with Gasteiger partial charge in [-0.05, 0) is 69.4 Å². The van der Waals surface area contributed by atoms with E-state index in [9.17, 15) is 18.0 Å². The molecule has 1 aliphatic heterocycles. The molecule has 0 saturated carbocycles. The van der Waals surface area contributed by atoms with Gasteiger partial charge in [0.25, 0.3) is 15.9 Å². The SMILES string of the molecule is CCN(c1ccccc1)S(=O)(=O)c1cc(C(=O)O[C@H](C)C(=O)N2CCC(C)CC2)ccc1C. The first-order valence-electron chi connectivity index (χ1n) is 11.3. The van der Waals surface area contributed by atoms with Crippen molar-refractivity contribution in [2.45, 2.75) is 51.5 Å². The zero-order valence-corrected chi connectivity index (χ0v) is 20.5. The number of hydrogen-bond acceptors (Lipinski definition) is 5. The Bertz CT molecular complexity index is 1090. The zero-order chi connectivity index (χ0) is 24.2. The van der Waals surface area contributed by atoms with Gasteiger partial charge in [0.1, 0.15) is 0 Å². The largest absolute Gasteiger partial charge is 0.449 e. The highest BCUT2D eigenvalue weighted by molar-refractivity contribution is 7.92. The number of likely N-dealkylation sites (tertiary alicyclic amines) is 1. The van der Waals surface area contributed by atoms with Gasteiger partial charge in [0.2, 0.25) is 0 Å². The number of rotatable bonds is 7. The molecule has 33 heavy (non-hydrogen) atoms. The fraction of sp³-hybridized carbons (Fsp3) is 0.440. The quantitative estimate of drug-likeness (QED) is 0.569. The minimum atomic E-state index is -3.91. The number of carbonyl (C=O) groups excluding carboxylic acids is 2. The van der Waals surface area contributed by atoms with Gasteiger partial charge in [-0.3, -0.25) is 9.10 Å². The fourth-order valence-corrected chi connectivity index (χ4v) is 5.70. The molecule has 1 fully saturated rings. The van der Waals surface area contributed by atoms with E-state index in [1.54, 1.807) is 56.0 Å². The number of aryl methyl sites for hydroxylation is 1. The average molecular weight is 473 g/mol. The summed E-state index contributed by atoms with van der Waals surface area (Å²) >= 11 is 0. The molecule has 2 aromatic carbocycles. The van der Waals surface area contributed by atoms with Gasteiger partial charge in [0.05, 0.1) is 16.1 Å². The molecule has 178 valence electrons. The van der Waals surface area contributed by atoms with Crippen LogP contribution in [-0.2, 0) is 19.6 Å². The lowest BCUT2D eigenvalue weighted by Crippen LogP contribution is -2.44. The fourth-order valence-electron chi connectivity index (χ4n) is 3.97. The van der Waals surface area contributed by atoms with Gasteiger partial charge in [0.15, 0.2) is 6.10 Å². The van der Waals surface area contributed by atoms with Crippen LogP contribution >= 0.6 is 0 Å². The molecule has 1 amide bonds. The molecule has 2 aromatic rings. The molecular weight excluding hydrogens is 440 g/mol. The molecule has 3 rings (SSSR count). The number of nitrogens with zero attached hydrogens (tertiary/aromatic N) is 2. The molecule has 0 N–H and O–H groups in total. The maximum absolute atomic E-state index is 13.4. The van der Waals surface area contributed by atoms with Crippen LogP contribution in [0.3, 0.4) is 0 Å². The van der Waals surface area contributed by atoms with Crippen LogP contribution in [0.5, 0.6) is 0 Å². The first-order valence-corrected chi connectivity index (χ1v) is 12.8. The number of anilines is 1. The number of esters is 1. The van der Waals surface area contributed by atoms with Crippen LogP contribution in [0.15, 0.2) is 53.4 Å². The highest BCUT2D eigenvalue weighted by Gasteiger charge is 2.29. The van der Waals surface area contributed by atoms with E-state index in [2.05, 4.69) is 6.92 Å². The Hall–Kier alpha value is -2.87. The number of ether oxygens (including phenoxy) is 1. The van der Waals surface area contributed by atoms with Gasteiger partial charge in [0, 0.05) is 19.6 Å². The zero-order valence-electron chi connectivity index (χ0n) is 19.7. The van der Waals surface area contributed by atoms with Crippen LogP contribution in [0.25, 0.3) is 0 Å². The standard InChI is InChI=1S/C25H32N2O5S/c1-5-27(22-9-7-6-8-10-22)33(30,31)23-17-21(12-11-19(23)3)25(29)32-20(4)24(28)26-15-13-18(2)14-16-26/h6-12,17-18,20H,5,13-16H2,1-4H3/t20-/m1/s1. The van der Waals surface area contributed by atoms with E-state index in [0.717, 1.165) is 12.8 Å². The lowest BCUT2D eigenvalue weighted by molar-refractivity contribution is -0.141. The van der Waals surface area contributed by atoms with Crippen LogP contribution in [0.1, 0.15) is 49.5 Å². The van der Waals surface area contributed by atoms with E-state index in [0.29, 0.717) is 30.3 Å². The van der Waals surface area contributed by atoms with Crippen molar-refractivity contribution in [2.24, 2.45) is 5.92 Å². The number of amides is 1. The van der Waals surface area contributed by atoms with E-state index in [1.807, 2.05) is 6.07 Å². The van der Waals surface area contributed by atoms with Crippen molar-refractivity contribution >= 4 is 27.6 Å². The van der Waals surface area contributed by atoms with E-state index in [-0.39, 0.29) is 22.9 Å². The summed E-state index contributed by atoms with van der Waals surface area (Å²) in [6.45, 7) is 8.70. The Labute approximate surface area is 196 Å². The molecule has 1 heterocycles. The number of hydrogen-bond donors (Lipinski definition) is 0. The minimum Gasteiger partial charge on any atom is -0.449 e. The summed E-state index contributed by atoms with van der Waals surface area (Å²) in [5.74, 6) is -0.365. The third-order valence-electron chi connectivity index (χ3n) is 6.05. The summed E-state index contributed by atoms with van der Waals surface area (Å²) in [4.78, 5) is 27.2. The predicted octanol–water partition coefficient (Wildman–Crippen LogP) is 4.01. The predicted molar refractivity (Wildman–Crippen MR) is 128 cm³/mol. The monoisotopic (exact) mass is 472 g/mol. The molecule has 7 nitrogen and oxygen atoms in total. The summed E-state index contributed by atoms with van der Waals surface area (Å²) in [6.07, 6.45) is 0.922. The number of para-hydroxylation sites is 1. The van der Waals surface area contributed by atoms with Crippen LogP contribution in [0, 0.1) is 12.8 Å². The molecule has 0 aromatic heterocycles. The van der Waals surface area contributed by atoms with Gasteiger partial charge in [-0.15, -0.1) is 0 Å². The Morgan fingerprint density at radius 3 is 2.36 bits per heavy atom. The molecule has 0 spiro atoms. The lowest BCUT2D eigenvalue weighted by Gasteiger charge is -2.31.